The minimum Gasteiger partial charge on any atom is -0.496 e. The molecule has 0 aliphatic rings. The Hall–Kier alpha value is -3.20. The van der Waals surface area contributed by atoms with E-state index in [9.17, 15) is 14.9 Å². The van der Waals surface area contributed by atoms with Crippen LogP contribution in [0.15, 0.2) is 59.2 Å². The Morgan fingerprint density at radius 3 is 2.85 bits per heavy atom. The summed E-state index contributed by atoms with van der Waals surface area (Å²) >= 11 is 3.39. The predicted octanol–water partition coefficient (Wildman–Crippen LogP) is 3.48. The lowest BCUT2D eigenvalue weighted by atomic mass is 10.2. The third-order valence-corrected chi connectivity index (χ3v) is 4.30. The second-order valence-electron chi connectivity index (χ2n) is 5.56. The first-order valence-corrected chi connectivity index (χ1v) is 8.68. The maximum Gasteiger partial charge on any atom is 0.272 e. The summed E-state index contributed by atoms with van der Waals surface area (Å²) in [6, 6.07) is 13.1. The summed E-state index contributed by atoms with van der Waals surface area (Å²) in [5.74, 6) is 0.307. The van der Waals surface area contributed by atoms with E-state index in [-0.39, 0.29) is 23.8 Å². The van der Waals surface area contributed by atoms with Crippen LogP contribution in [0.5, 0.6) is 5.75 Å². The van der Waals surface area contributed by atoms with Crippen LogP contribution in [0.2, 0.25) is 0 Å². The summed E-state index contributed by atoms with van der Waals surface area (Å²) < 4.78 is 7.58. The summed E-state index contributed by atoms with van der Waals surface area (Å²) in [6.07, 6.45) is 1.58. The fraction of sp³-hybridized carbons (Fsp3) is 0.111. The Balaban J connectivity index is 1.73. The Kier molecular flexibility index (Phi) is 5.51. The maximum atomic E-state index is 12.4. The van der Waals surface area contributed by atoms with Gasteiger partial charge in [-0.2, -0.15) is 5.10 Å². The van der Waals surface area contributed by atoms with E-state index in [1.807, 2.05) is 18.2 Å². The monoisotopic (exact) mass is 430 g/mol. The SMILES string of the molecule is COc1ccc(Br)cc1CNC(=O)c1ccn(-c2cccc([N+](=O)[O-])c2)n1. The van der Waals surface area contributed by atoms with Gasteiger partial charge in [-0.3, -0.25) is 14.9 Å². The van der Waals surface area contributed by atoms with E-state index in [1.54, 1.807) is 31.5 Å². The highest BCUT2D eigenvalue weighted by molar-refractivity contribution is 9.10. The number of rotatable bonds is 6. The van der Waals surface area contributed by atoms with Crippen molar-refractivity contribution in [3.05, 3.63) is 80.6 Å². The minimum absolute atomic E-state index is 0.0456. The number of ether oxygens (including phenoxy) is 1. The van der Waals surface area contributed by atoms with Crippen molar-refractivity contribution in [1.29, 1.82) is 0 Å². The van der Waals surface area contributed by atoms with Crippen LogP contribution in [-0.4, -0.2) is 27.7 Å². The smallest absolute Gasteiger partial charge is 0.272 e. The minimum atomic E-state index is -0.480. The zero-order valence-electron chi connectivity index (χ0n) is 14.3. The normalized spacial score (nSPS) is 10.4. The lowest BCUT2D eigenvalue weighted by Crippen LogP contribution is -2.23. The summed E-state index contributed by atoms with van der Waals surface area (Å²) in [7, 11) is 1.56. The maximum absolute atomic E-state index is 12.4. The molecule has 1 N–H and O–H groups in total. The number of non-ortho nitro benzene ring substituents is 1. The van der Waals surface area contributed by atoms with Crippen molar-refractivity contribution in [2.45, 2.75) is 6.54 Å². The van der Waals surface area contributed by atoms with E-state index < -0.39 is 4.92 Å². The van der Waals surface area contributed by atoms with E-state index in [0.717, 1.165) is 10.0 Å². The summed E-state index contributed by atoms with van der Waals surface area (Å²) in [4.78, 5) is 22.8. The quantitative estimate of drug-likeness (QED) is 0.476. The van der Waals surface area contributed by atoms with Crippen molar-refractivity contribution in [3.8, 4) is 11.4 Å². The van der Waals surface area contributed by atoms with Gasteiger partial charge < -0.3 is 10.1 Å². The molecular formula is C18H15BrN4O4. The van der Waals surface area contributed by atoms with Gasteiger partial charge in [-0.05, 0) is 30.3 Å². The molecule has 0 radical (unpaired) electrons. The molecule has 0 fully saturated rings. The van der Waals surface area contributed by atoms with Crippen molar-refractivity contribution < 1.29 is 14.5 Å². The molecule has 0 aliphatic carbocycles. The van der Waals surface area contributed by atoms with Gasteiger partial charge in [0, 0.05) is 34.9 Å². The third-order valence-electron chi connectivity index (χ3n) is 3.81. The van der Waals surface area contributed by atoms with Gasteiger partial charge in [0.05, 0.1) is 17.7 Å². The fourth-order valence-corrected chi connectivity index (χ4v) is 2.90. The number of nitro groups is 1. The van der Waals surface area contributed by atoms with Crippen LogP contribution in [-0.2, 0) is 6.54 Å². The first-order valence-electron chi connectivity index (χ1n) is 7.89. The molecule has 1 heterocycles. The van der Waals surface area contributed by atoms with Crippen molar-refractivity contribution in [1.82, 2.24) is 15.1 Å². The first-order chi connectivity index (χ1) is 13.0. The number of nitrogens with one attached hydrogen (secondary N) is 1. The summed E-state index contributed by atoms with van der Waals surface area (Å²) in [5.41, 5.74) is 1.47. The van der Waals surface area contributed by atoms with Crippen LogP contribution in [0.1, 0.15) is 16.1 Å². The van der Waals surface area contributed by atoms with E-state index in [1.165, 1.54) is 16.8 Å². The molecule has 138 valence electrons. The van der Waals surface area contributed by atoms with Gasteiger partial charge in [-0.1, -0.05) is 22.0 Å². The molecule has 3 rings (SSSR count). The Morgan fingerprint density at radius 1 is 1.30 bits per heavy atom. The van der Waals surface area contributed by atoms with Gasteiger partial charge in [0.25, 0.3) is 11.6 Å². The molecule has 0 atom stereocenters. The zero-order valence-corrected chi connectivity index (χ0v) is 15.8. The molecule has 0 bridgehead atoms. The highest BCUT2D eigenvalue weighted by Gasteiger charge is 2.13. The first kappa shape index (κ1) is 18.6. The predicted molar refractivity (Wildman–Crippen MR) is 102 cm³/mol. The Labute approximate surface area is 163 Å². The number of nitro benzene ring substituents is 1. The van der Waals surface area contributed by atoms with E-state index in [2.05, 4.69) is 26.3 Å². The molecule has 3 aromatic rings. The average molecular weight is 431 g/mol. The van der Waals surface area contributed by atoms with Gasteiger partial charge in [0.15, 0.2) is 5.69 Å². The number of aromatic nitrogens is 2. The van der Waals surface area contributed by atoms with Crippen molar-refractivity contribution in [2.24, 2.45) is 0 Å². The van der Waals surface area contributed by atoms with Gasteiger partial charge in [-0.15, -0.1) is 0 Å². The van der Waals surface area contributed by atoms with Crippen molar-refractivity contribution in [3.63, 3.8) is 0 Å². The summed E-state index contributed by atoms with van der Waals surface area (Å²) in [5, 5.41) is 17.9. The third kappa shape index (κ3) is 4.32. The van der Waals surface area contributed by atoms with Crippen LogP contribution >= 0.6 is 15.9 Å². The molecule has 0 saturated heterocycles. The second-order valence-corrected chi connectivity index (χ2v) is 6.48. The van der Waals surface area contributed by atoms with Crippen LogP contribution < -0.4 is 10.1 Å². The molecule has 1 aromatic heterocycles. The molecule has 0 spiro atoms. The second kappa shape index (κ2) is 8.00. The molecule has 0 saturated carbocycles. The van der Waals surface area contributed by atoms with Crippen molar-refractivity contribution in [2.75, 3.05) is 7.11 Å². The van der Waals surface area contributed by atoms with E-state index in [0.29, 0.717) is 11.4 Å². The molecule has 2 aromatic carbocycles. The highest BCUT2D eigenvalue weighted by Crippen LogP contribution is 2.23. The topological polar surface area (TPSA) is 99.3 Å². The number of amides is 1. The number of benzene rings is 2. The van der Waals surface area contributed by atoms with Crippen molar-refractivity contribution >= 4 is 27.5 Å². The molecule has 9 heteroatoms. The molecular weight excluding hydrogens is 416 g/mol. The lowest BCUT2D eigenvalue weighted by molar-refractivity contribution is -0.384. The number of hydrogen-bond donors (Lipinski definition) is 1. The molecule has 8 nitrogen and oxygen atoms in total. The molecule has 0 aliphatic heterocycles. The van der Waals surface area contributed by atoms with Gasteiger partial charge >= 0.3 is 0 Å². The highest BCUT2D eigenvalue weighted by atomic mass is 79.9. The Bertz CT molecular complexity index is 1000. The lowest BCUT2D eigenvalue weighted by Gasteiger charge is -2.09. The number of halogens is 1. The van der Waals surface area contributed by atoms with Gasteiger partial charge in [-0.25, -0.2) is 4.68 Å². The number of hydrogen-bond acceptors (Lipinski definition) is 5. The number of methoxy groups -OCH3 is 1. The fourth-order valence-electron chi connectivity index (χ4n) is 2.49. The molecule has 0 unspecified atom stereocenters. The Morgan fingerprint density at radius 2 is 2.11 bits per heavy atom. The zero-order chi connectivity index (χ0) is 19.4. The van der Waals surface area contributed by atoms with E-state index in [4.69, 9.17) is 4.74 Å². The van der Waals surface area contributed by atoms with E-state index >= 15 is 0 Å². The number of carbonyl (C=O) groups is 1. The van der Waals surface area contributed by atoms with Gasteiger partial charge in [0.1, 0.15) is 5.75 Å². The van der Waals surface area contributed by atoms with Crippen LogP contribution in [0.25, 0.3) is 5.69 Å². The van der Waals surface area contributed by atoms with Gasteiger partial charge in [0.2, 0.25) is 0 Å². The molecule has 1 amide bonds. The molecule has 27 heavy (non-hydrogen) atoms. The largest absolute Gasteiger partial charge is 0.496 e. The van der Waals surface area contributed by atoms with Crippen LogP contribution in [0.3, 0.4) is 0 Å². The van der Waals surface area contributed by atoms with Crippen LogP contribution in [0, 0.1) is 10.1 Å². The van der Waals surface area contributed by atoms with Crippen LogP contribution in [0.4, 0.5) is 5.69 Å². The number of nitrogens with zero attached hydrogens (tertiary/aromatic N) is 3. The standard InChI is InChI=1S/C18H15BrN4O4/c1-27-17-6-5-13(19)9-12(17)11-20-18(24)16-7-8-22(21-16)14-3-2-4-15(10-14)23(25)26/h2-10H,11H2,1H3,(H,20,24). The average Bonchev–Trinajstić information content (AvgIpc) is 3.16. The summed E-state index contributed by atoms with van der Waals surface area (Å²) in [6.45, 7) is 0.269. The number of carbonyl (C=O) groups excluding carboxylic acids is 1.